The first-order chi connectivity index (χ1) is 15.4. The Morgan fingerprint density at radius 2 is 1.91 bits per heavy atom. The maximum atomic E-state index is 12.6. The van der Waals surface area contributed by atoms with Crippen molar-refractivity contribution in [3.8, 4) is 11.4 Å². The second-order valence-electron chi connectivity index (χ2n) is 7.80. The van der Waals surface area contributed by atoms with Gasteiger partial charge in [-0.2, -0.15) is 5.21 Å². The Bertz CT molecular complexity index is 1200. The zero-order valence-corrected chi connectivity index (χ0v) is 19.1. The summed E-state index contributed by atoms with van der Waals surface area (Å²) in [6.07, 6.45) is -1.65. The molecule has 3 rings (SSSR count). The van der Waals surface area contributed by atoms with Crippen LogP contribution in [0.25, 0.3) is 11.4 Å². The molecule has 1 aromatic heterocycles. The Labute approximate surface area is 190 Å². The molecule has 1 fully saturated rings. The molecule has 3 atom stereocenters. The Morgan fingerprint density at radius 3 is 2.39 bits per heavy atom. The van der Waals surface area contributed by atoms with Crippen LogP contribution in [0.2, 0.25) is 0 Å². The van der Waals surface area contributed by atoms with Gasteiger partial charge in [0.05, 0.1) is 23.5 Å². The van der Waals surface area contributed by atoms with E-state index in [2.05, 4.69) is 20.6 Å². The molecule has 0 saturated carbocycles. The number of nitrogens with zero attached hydrogens (tertiary/aromatic N) is 4. The fraction of sp³-hybridized carbons (Fsp3) is 0.562. The van der Waals surface area contributed by atoms with Crippen LogP contribution in [0.3, 0.4) is 0 Å². The van der Waals surface area contributed by atoms with Crippen molar-refractivity contribution in [3.05, 3.63) is 11.6 Å². The number of aromatic nitrogens is 4. The summed E-state index contributed by atoms with van der Waals surface area (Å²) in [5.41, 5.74) is 11.4. The number of sulfonamides is 2. The topological polar surface area (TPSA) is 271 Å². The number of aromatic amines is 1. The number of primary sulfonamides is 2. The van der Waals surface area contributed by atoms with Gasteiger partial charge in [-0.25, -0.2) is 27.1 Å². The van der Waals surface area contributed by atoms with Gasteiger partial charge >= 0.3 is 0 Å². The number of nitrogens with one attached hydrogen (secondary N) is 1. The Hall–Kier alpha value is -2.25. The zero-order valence-electron chi connectivity index (χ0n) is 17.5. The van der Waals surface area contributed by atoms with Crippen LogP contribution in [0, 0.1) is 5.92 Å². The molecular formula is C16H27N9O6S2. The maximum absolute atomic E-state index is 12.6. The number of nitrogens with two attached hydrogens (primary N) is 4. The molecule has 0 radical (unpaired) electrons. The van der Waals surface area contributed by atoms with E-state index in [4.69, 9.17) is 21.7 Å². The van der Waals surface area contributed by atoms with Crippen molar-refractivity contribution in [2.75, 3.05) is 31.1 Å². The van der Waals surface area contributed by atoms with Gasteiger partial charge in [0.15, 0.2) is 0 Å². The third kappa shape index (κ3) is 5.30. The van der Waals surface area contributed by atoms with Gasteiger partial charge in [-0.05, 0) is 29.8 Å². The van der Waals surface area contributed by atoms with E-state index in [1.54, 1.807) is 4.90 Å². The van der Waals surface area contributed by atoms with Gasteiger partial charge in [-0.15, -0.1) is 10.2 Å². The number of anilines is 1. The smallest absolute Gasteiger partial charge is 0.240 e. The molecule has 2 aromatic rings. The lowest BCUT2D eigenvalue weighted by molar-refractivity contribution is 0.0972. The number of tetrazole rings is 1. The number of aliphatic hydroxyl groups is 2. The average molecular weight is 506 g/mol. The van der Waals surface area contributed by atoms with E-state index in [0.717, 1.165) is 6.07 Å². The summed E-state index contributed by atoms with van der Waals surface area (Å²) in [6.45, 7) is 0.459. The monoisotopic (exact) mass is 505 g/mol. The van der Waals surface area contributed by atoms with Crippen molar-refractivity contribution >= 4 is 25.7 Å². The SMILES string of the molecule is NC[C@H](O)Cc1cc(S(N)(=O)=O)c(S(N)(=O)=O)c(-c2nn[nH]n2)c1N1CC[C@H](CN)[C@H](O)C1. The third-order valence-electron chi connectivity index (χ3n) is 5.53. The fourth-order valence-electron chi connectivity index (χ4n) is 3.96. The number of hydrogen-bond acceptors (Lipinski definition) is 12. The molecule has 11 N–H and O–H groups in total. The standard InChI is InChI=1S/C16H27N9O6S2/c17-5-8-1-2-25(7-11(8)27)14-9(3-10(26)6-18)4-12(32(19,28)29)15(33(20,30)31)13(14)16-21-23-24-22-16/h4,8,10-11,26-27H,1-3,5-7,17-18H2,(H2,19,28,29)(H2,20,30,31)(H,21,22,23,24)/t8-,10-,11-/m1/s1. The third-order valence-corrected chi connectivity index (χ3v) is 7.58. The highest BCUT2D eigenvalue weighted by Crippen LogP contribution is 2.42. The molecule has 0 aliphatic carbocycles. The van der Waals surface area contributed by atoms with Gasteiger partial charge in [-0.3, -0.25) is 0 Å². The molecule has 33 heavy (non-hydrogen) atoms. The molecule has 15 nitrogen and oxygen atoms in total. The molecule has 1 aromatic carbocycles. The molecule has 1 aliphatic rings. The first-order valence-corrected chi connectivity index (χ1v) is 13.0. The van der Waals surface area contributed by atoms with E-state index < -0.39 is 42.0 Å². The summed E-state index contributed by atoms with van der Waals surface area (Å²) >= 11 is 0. The fourth-order valence-corrected chi connectivity index (χ4v) is 6.14. The molecule has 0 spiro atoms. The van der Waals surface area contributed by atoms with Gasteiger partial charge in [0.2, 0.25) is 25.9 Å². The van der Waals surface area contributed by atoms with Gasteiger partial charge in [0, 0.05) is 32.0 Å². The Balaban J connectivity index is 2.42. The molecule has 2 heterocycles. The molecule has 184 valence electrons. The van der Waals surface area contributed by atoms with Crippen molar-refractivity contribution in [3.63, 3.8) is 0 Å². The summed E-state index contributed by atoms with van der Waals surface area (Å²) in [5, 5.41) is 44.8. The Kier molecular flexibility index (Phi) is 7.34. The van der Waals surface area contributed by atoms with Crippen LogP contribution in [0.15, 0.2) is 15.9 Å². The number of aliphatic hydroxyl groups excluding tert-OH is 2. The summed E-state index contributed by atoms with van der Waals surface area (Å²) in [4.78, 5) is 0.0378. The quantitative estimate of drug-likeness (QED) is 0.182. The van der Waals surface area contributed by atoms with E-state index in [9.17, 15) is 27.0 Å². The normalized spacial score (nSPS) is 20.7. The molecule has 1 saturated heterocycles. The summed E-state index contributed by atoms with van der Waals surface area (Å²) in [5.74, 6) is -0.451. The first-order valence-electron chi connectivity index (χ1n) is 9.89. The first kappa shape index (κ1) is 25.4. The van der Waals surface area contributed by atoms with E-state index in [0.29, 0.717) is 13.0 Å². The summed E-state index contributed by atoms with van der Waals surface area (Å²) in [7, 11) is -9.30. The van der Waals surface area contributed by atoms with E-state index in [1.807, 2.05) is 0 Å². The predicted octanol–water partition coefficient (Wildman–Crippen LogP) is -3.83. The van der Waals surface area contributed by atoms with Crippen LogP contribution in [-0.2, 0) is 26.5 Å². The lowest BCUT2D eigenvalue weighted by Crippen LogP contribution is -2.47. The molecular weight excluding hydrogens is 478 g/mol. The highest BCUT2D eigenvalue weighted by molar-refractivity contribution is 7.92. The van der Waals surface area contributed by atoms with Crippen molar-refractivity contribution in [1.29, 1.82) is 0 Å². The second kappa shape index (κ2) is 9.55. The van der Waals surface area contributed by atoms with E-state index in [1.165, 1.54) is 0 Å². The van der Waals surface area contributed by atoms with Crippen LogP contribution >= 0.6 is 0 Å². The molecule has 0 bridgehead atoms. The minimum Gasteiger partial charge on any atom is -0.391 e. The number of piperidine rings is 1. The van der Waals surface area contributed by atoms with Crippen molar-refractivity contribution in [1.82, 2.24) is 20.6 Å². The minimum atomic E-state index is -4.69. The van der Waals surface area contributed by atoms with Crippen LogP contribution in [0.5, 0.6) is 0 Å². The van der Waals surface area contributed by atoms with Gasteiger partial charge < -0.3 is 26.6 Å². The number of β-amino-alcohol motifs (C(OH)–C–C–N with tert-alkyl or cyclic N) is 1. The number of H-pyrrole nitrogens is 1. The maximum Gasteiger partial charge on any atom is 0.240 e. The molecule has 0 unspecified atom stereocenters. The highest BCUT2D eigenvalue weighted by Gasteiger charge is 2.36. The van der Waals surface area contributed by atoms with Crippen LogP contribution in [-0.4, -0.2) is 86.1 Å². The average Bonchev–Trinajstić information content (AvgIpc) is 3.25. The predicted molar refractivity (Wildman–Crippen MR) is 117 cm³/mol. The lowest BCUT2D eigenvalue weighted by Gasteiger charge is -2.39. The molecule has 17 heteroatoms. The van der Waals surface area contributed by atoms with Crippen molar-refractivity contribution in [2.24, 2.45) is 27.7 Å². The summed E-state index contributed by atoms with van der Waals surface area (Å²) in [6, 6.07) is 1.04. The largest absolute Gasteiger partial charge is 0.391 e. The number of rotatable bonds is 8. The summed E-state index contributed by atoms with van der Waals surface area (Å²) < 4.78 is 50.0. The Morgan fingerprint density at radius 1 is 1.21 bits per heavy atom. The van der Waals surface area contributed by atoms with Gasteiger partial charge in [-0.1, -0.05) is 0 Å². The van der Waals surface area contributed by atoms with Gasteiger partial charge in [0.1, 0.15) is 9.79 Å². The molecule has 0 amide bonds. The van der Waals surface area contributed by atoms with Crippen molar-refractivity contribution in [2.45, 2.75) is 34.8 Å². The number of hydrogen-bond donors (Lipinski definition) is 7. The lowest BCUT2D eigenvalue weighted by atomic mass is 9.91. The van der Waals surface area contributed by atoms with Crippen LogP contribution in [0.4, 0.5) is 5.69 Å². The zero-order chi connectivity index (χ0) is 24.6. The van der Waals surface area contributed by atoms with E-state index in [-0.39, 0.29) is 54.6 Å². The van der Waals surface area contributed by atoms with Gasteiger partial charge in [0.25, 0.3) is 0 Å². The van der Waals surface area contributed by atoms with E-state index >= 15 is 0 Å². The number of benzene rings is 1. The van der Waals surface area contributed by atoms with Crippen molar-refractivity contribution < 1.29 is 27.0 Å². The highest BCUT2D eigenvalue weighted by atomic mass is 32.2. The molecule has 1 aliphatic heterocycles. The van der Waals surface area contributed by atoms with Crippen LogP contribution < -0.4 is 26.6 Å². The van der Waals surface area contributed by atoms with Crippen LogP contribution in [0.1, 0.15) is 12.0 Å². The second-order valence-corrected chi connectivity index (χ2v) is 10.8. The minimum absolute atomic E-state index is 0.0389.